The quantitative estimate of drug-likeness (QED) is 0.792. The van der Waals surface area contributed by atoms with Crippen molar-refractivity contribution in [2.24, 2.45) is 0 Å². The number of hydrogen-bond acceptors (Lipinski definition) is 4. The minimum Gasteiger partial charge on any atom is -0.395 e. The molecule has 1 amide bonds. The first kappa shape index (κ1) is 12.8. The Labute approximate surface area is 107 Å². The van der Waals surface area contributed by atoms with Gasteiger partial charge in [-0.1, -0.05) is 0 Å². The first-order valence-electron chi connectivity index (χ1n) is 6.37. The molecule has 5 nitrogen and oxygen atoms in total. The van der Waals surface area contributed by atoms with E-state index >= 15 is 0 Å². The molecule has 2 rings (SSSR count). The lowest BCUT2D eigenvalue weighted by molar-refractivity contribution is 0.0731. The van der Waals surface area contributed by atoms with Crippen molar-refractivity contribution in [1.29, 1.82) is 0 Å². The van der Waals surface area contributed by atoms with Crippen LogP contribution in [0, 0.1) is 0 Å². The number of carbonyl (C=O) groups excluding carboxylic acids is 1. The lowest BCUT2D eigenvalue weighted by Crippen LogP contribution is -2.33. The maximum atomic E-state index is 12.1. The Bertz CT molecular complexity index is 401. The van der Waals surface area contributed by atoms with E-state index in [0.29, 0.717) is 24.7 Å². The van der Waals surface area contributed by atoms with E-state index < -0.39 is 0 Å². The summed E-state index contributed by atoms with van der Waals surface area (Å²) in [5, 5.41) is 12.2. The van der Waals surface area contributed by atoms with Gasteiger partial charge in [0.1, 0.15) is 5.82 Å². The summed E-state index contributed by atoms with van der Waals surface area (Å²) in [4.78, 5) is 17.9. The molecule has 0 spiro atoms. The number of rotatable bonds is 6. The molecule has 2 N–H and O–H groups in total. The largest absolute Gasteiger partial charge is 0.395 e. The number of aliphatic hydroxyl groups excluding tert-OH is 1. The molecule has 0 bridgehead atoms. The summed E-state index contributed by atoms with van der Waals surface area (Å²) < 4.78 is 0. The predicted molar refractivity (Wildman–Crippen MR) is 69.5 cm³/mol. The van der Waals surface area contributed by atoms with Gasteiger partial charge in [0, 0.05) is 25.3 Å². The molecule has 1 fully saturated rings. The van der Waals surface area contributed by atoms with Gasteiger partial charge in [-0.2, -0.15) is 0 Å². The van der Waals surface area contributed by atoms with E-state index in [0.717, 1.165) is 5.82 Å². The first-order valence-corrected chi connectivity index (χ1v) is 6.37. The van der Waals surface area contributed by atoms with E-state index in [-0.39, 0.29) is 12.5 Å². The molecule has 1 saturated carbocycles. The molecule has 18 heavy (non-hydrogen) atoms. The molecule has 0 aliphatic heterocycles. The zero-order valence-corrected chi connectivity index (χ0v) is 10.6. The van der Waals surface area contributed by atoms with Crippen LogP contribution in [0.4, 0.5) is 5.82 Å². The normalized spacial score (nSPS) is 14.3. The van der Waals surface area contributed by atoms with Gasteiger partial charge in [-0.25, -0.2) is 4.98 Å². The first-order chi connectivity index (χ1) is 8.74. The number of anilines is 1. The Balaban J connectivity index is 2.00. The standard InChI is InChI=1S/C13H19N3O2/c1-2-16(7-8-17)13(18)10-3-6-12(14-9-10)15-11-4-5-11/h3,6,9,11,17H,2,4-5,7-8H2,1H3,(H,14,15). The van der Waals surface area contributed by atoms with Gasteiger partial charge in [0.2, 0.25) is 0 Å². The second-order valence-electron chi connectivity index (χ2n) is 4.46. The molecule has 1 aliphatic rings. The minimum absolute atomic E-state index is 0.0195. The minimum atomic E-state index is -0.0861. The second kappa shape index (κ2) is 5.82. The molecule has 1 aromatic rings. The van der Waals surface area contributed by atoms with Crippen molar-refractivity contribution in [3.8, 4) is 0 Å². The summed E-state index contributed by atoms with van der Waals surface area (Å²) in [7, 11) is 0. The molecule has 0 aromatic carbocycles. The summed E-state index contributed by atoms with van der Waals surface area (Å²) >= 11 is 0. The van der Waals surface area contributed by atoms with Gasteiger partial charge < -0.3 is 15.3 Å². The maximum Gasteiger partial charge on any atom is 0.255 e. The fourth-order valence-electron chi connectivity index (χ4n) is 1.75. The summed E-state index contributed by atoms with van der Waals surface area (Å²) in [6, 6.07) is 4.17. The Morgan fingerprint density at radius 2 is 2.33 bits per heavy atom. The van der Waals surface area contributed by atoms with E-state index in [4.69, 9.17) is 5.11 Å². The fourth-order valence-corrected chi connectivity index (χ4v) is 1.75. The van der Waals surface area contributed by atoms with E-state index in [1.807, 2.05) is 13.0 Å². The van der Waals surface area contributed by atoms with Crippen LogP contribution in [-0.4, -0.2) is 46.6 Å². The third kappa shape index (κ3) is 3.20. The second-order valence-corrected chi connectivity index (χ2v) is 4.46. The van der Waals surface area contributed by atoms with Crippen LogP contribution in [0.3, 0.4) is 0 Å². The number of aliphatic hydroxyl groups is 1. The Kier molecular flexibility index (Phi) is 4.15. The van der Waals surface area contributed by atoms with Crippen LogP contribution in [0.25, 0.3) is 0 Å². The molecule has 0 saturated heterocycles. The average Bonchev–Trinajstić information content (AvgIpc) is 3.20. The Hall–Kier alpha value is -1.62. The van der Waals surface area contributed by atoms with Crippen LogP contribution in [0.1, 0.15) is 30.1 Å². The van der Waals surface area contributed by atoms with E-state index in [1.165, 1.54) is 12.8 Å². The topological polar surface area (TPSA) is 65.5 Å². The van der Waals surface area contributed by atoms with Crippen LogP contribution in [0.2, 0.25) is 0 Å². The molecule has 1 aromatic heterocycles. The van der Waals surface area contributed by atoms with Crippen molar-refractivity contribution in [2.45, 2.75) is 25.8 Å². The average molecular weight is 249 g/mol. The van der Waals surface area contributed by atoms with E-state index in [9.17, 15) is 4.79 Å². The van der Waals surface area contributed by atoms with Gasteiger partial charge >= 0.3 is 0 Å². The van der Waals surface area contributed by atoms with Gasteiger partial charge in [0.05, 0.1) is 12.2 Å². The van der Waals surface area contributed by atoms with Crippen molar-refractivity contribution in [2.75, 3.05) is 25.0 Å². The summed E-state index contributed by atoms with van der Waals surface area (Å²) in [6.07, 6.45) is 3.98. The summed E-state index contributed by atoms with van der Waals surface area (Å²) in [6.45, 7) is 2.82. The van der Waals surface area contributed by atoms with Crippen molar-refractivity contribution >= 4 is 11.7 Å². The number of nitrogens with zero attached hydrogens (tertiary/aromatic N) is 2. The van der Waals surface area contributed by atoms with E-state index in [1.54, 1.807) is 17.2 Å². The smallest absolute Gasteiger partial charge is 0.255 e. The molecule has 98 valence electrons. The third-order valence-electron chi connectivity index (χ3n) is 2.98. The number of pyridine rings is 1. The van der Waals surface area contributed by atoms with Gasteiger partial charge in [0.15, 0.2) is 0 Å². The molecule has 1 aliphatic carbocycles. The summed E-state index contributed by atoms with van der Waals surface area (Å²) in [5.41, 5.74) is 0.562. The van der Waals surface area contributed by atoms with Crippen LogP contribution >= 0.6 is 0 Å². The number of nitrogens with one attached hydrogen (secondary N) is 1. The van der Waals surface area contributed by atoms with E-state index in [2.05, 4.69) is 10.3 Å². The molecular weight excluding hydrogens is 230 g/mol. The van der Waals surface area contributed by atoms with Crippen LogP contribution in [0.5, 0.6) is 0 Å². The number of amides is 1. The van der Waals surface area contributed by atoms with Crippen molar-refractivity contribution < 1.29 is 9.90 Å². The van der Waals surface area contributed by atoms with Gasteiger partial charge in [-0.05, 0) is 31.9 Å². The third-order valence-corrected chi connectivity index (χ3v) is 2.98. The van der Waals surface area contributed by atoms with Gasteiger partial charge in [-0.3, -0.25) is 4.79 Å². The molecule has 0 atom stereocenters. The number of aromatic nitrogens is 1. The molecule has 5 heteroatoms. The molecule has 0 radical (unpaired) electrons. The number of likely N-dealkylation sites (N-methyl/N-ethyl adjacent to an activating group) is 1. The SMILES string of the molecule is CCN(CCO)C(=O)c1ccc(NC2CC2)nc1. The van der Waals surface area contributed by atoms with Crippen LogP contribution < -0.4 is 5.32 Å². The maximum absolute atomic E-state index is 12.1. The van der Waals surface area contributed by atoms with Crippen molar-refractivity contribution in [1.82, 2.24) is 9.88 Å². The van der Waals surface area contributed by atoms with Crippen molar-refractivity contribution in [3.05, 3.63) is 23.9 Å². The fraction of sp³-hybridized carbons (Fsp3) is 0.538. The number of carbonyl (C=O) groups is 1. The molecule has 0 unspecified atom stereocenters. The monoisotopic (exact) mass is 249 g/mol. The highest BCUT2D eigenvalue weighted by Gasteiger charge is 2.21. The predicted octanol–water partition coefficient (Wildman–Crippen LogP) is 1.11. The molecular formula is C13H19N3O2. The van der Waals surface area contributed by atoms with Gasteiger partial charge in [-0.15, -0.1) is 0 Å². The Morgan fingerprint density at radius 3 is 2.83 bits per heavy atom. The lowest BCUT2D eigenvalue weighted by Gasteiger charge is -2.19. The zero-order chi connectivity index (χ0) is 13.0. The highest BCUT2D eigenvalue weighted by atomic mass is 16.3. The van der Waals surface area contributed by atoms with Crippen molar-refractivity contribution in [3.63, 3.8) is 0 Å². The lowest BCUT2D eigenvalue weighted by atomic mass is 10.2. The Morgan fingerprint density at radius 1 is 1.56 bits per heavy atom. The summed E-state index contributed by atoms with van der Waals surface area (Å²) in [5.74, 6) is 0.733. The molecule has 1 heterocycles. The van der Waals surface area contributed by atoms with Crippen LogP contribution in [0.15, 0.2) is 18.3 Å². The highest BCUT2D eigenvalue weighted by Crippen LogP contribution is 2.23. The zero-order valence-electron chi connectivity index (χ0n) is 10.6. The highest BCUT2D eigenvalue weighted by molar-refractivity contribution is 5.94. The van der Waals surface area contributed by atoms with Gasteiger partial charge in [0.25, 0.3) is 5.91 Å². The number of hydrogen-bond donors (Lipinski definition) is 2. The van der Waals surface area contributed by atoms with Crippen LogP contribution in [-0.2, 0) is 0 Å².